The van der Waals surface area contributed by atoms with Crippen LogP contribution in [-0.2, 0) is 4.79 Å². The number of carbonyl (C=O) groups is 1. The topological polar surface area (TPSA) is 43.1 Å². The van der Waals surface area contributed by atoms with E-state index in [1.54, 1.807) is 6.92 Å². The molecule has 0 amide bonds. The molecule has 2 heteroatoms. The summed E-state index contributed by atoms with van der Waals surface area (Å²) in [6.45, 7) is 5.68. The molecule has 0 atom stereocenters. The molecule has 0 unspecified atom stereocenters. The third kappa shape index (κ3) is 3.86. The molecule has 12 heavy (non-hydrogen) atoms. The van der Waals surface area contributed by atoms with Gasteiger partial charge in [-0.15, -0.1) is 0 Å². The van der Waals surface area contributed by atoms with E-state index in [0.717, 1.165) is 25.7 Å². The maximum absolute atomic E-state index is 10.9. The molecule has 2 N–H and O–H groups in total. The van der Waals surface area contributed by atoms with Gasteiger partial charge in [0, 0.05) is 13.4 Å². The molecule has 0 aromatic rings. The summed E-state index contributed by atoms with van der Waals surface area (Å²) in [6, 6.07) is 0.357. The van der Waals surface area contributed by atoms with Gasteiger partial charge in [-0.25, -0.2) is 0 Å². The van der Waals surface area contributed by atoms with Crippen LogP contribution in [0.1, 0.15) is 47.9 Å². The van der Waals surface area contributed by atoms with Crippen LogP contribution in [0, 0.1) is 5.92 Å². The maximum Gasteiger partial charge on any atom is 0.132 e. The predicted octanol–water partition coefficient (Wildman–Crippen LogP) is 2.37. The first-order chi connectivity index (χ1) is 5.70. The summed E-state index contributed by atoms with van der Waals surface area (Å²) in [4.78, 5) is 10.9. The number of Topliss-reactive ketones (excluding diaryl/α,β-unsaturated/α-hetero) is 1. The minimum Gasteiger partial charge on any atom is -0.328 e. The van der Waals surface area contributed by atoms with E-state index in [1.807, 2.05) is 13.8 Å². The van der Waals surface area contributed by atoms with Gasteiger partial charge in [-0.05, 0) is 32.6 Å². The molecule has 0 saturated heterocycles. The van der Waals surface area contributed by atoms with E-state index in [4.69, 9.17) is 5.73 Å². The fourth-order valence-corrected chi connectivity index (χ4v) is 1.53. The second kappa shape index (κ2) is 6.18. The van der Waals surface area contributed by atoms with Gasteiger partial charge in [-0.2, -0.15) is 0 Å². The Bertz CT molecular complexity index is 131. The van der Waals surface area contributed by atoms with Crippen molar-refractivity contribution in [3.8, 4) is 0 Å². The van der Waals surface area contributed by atoms with Gasteiger partial charge in [-0.1, -0.05) is 13.8 Å². The molecule has 2 nitrogen and oxygen atoms in total. The van der Waals surface area contributed by atoms with E-state index in [9.17, 15) is 4.79 Å². The Balaban J connectivity index is 0. The summed E-state index contributed by atoms with van der Waals surface area (Å²) in [5.41, 5.74) is 5.69. The van der Waals surface area contributed by atoms with Gasteiger partial charge in [-0.3, -0.25) is 4.79 Å². The molecular weight excluding hydrogens is 150 g/mol. The quantitative estimate of drug-likeness (QED) is 0.661. The first-order valence-corrected chi connectivity index (χ1v) is 4.96. The van der Waals surface area contributed by atoms with Gasteiger partial charge >= 0.3 is 0 Å². The first kappa shape index (κ1) is 11.6. The van der Waals surface area contributed by atoms with Gasteiger partial charge in [0.1, 0.15) is 5.78 Å². The molecule has 1 fully saturated rings. The fourth-order valence-electron chi connectivity index (χ4n) is 1.53. The zero-order chi connectivity index (χ0) is 9.56. The average Bonchev–Trinajstić information content (AvgIpc) is 2.09. The molecule has 0 bridgehead atoms. The standard InChI is InChI=1S/C8H15NO.C2H6.H2/c1-6(10)7-2-4-8(9)5-3-7;1-2;/h7-8H,2-5,9H2,1H3;1-2H3;1H. The first-order valence-electron chi connectivity index (χ1n) is 4.96. The van der Waals surface area contributed by atoms with Crippen LogP contribution in [0.4, 0.5) is 0 Å². The molecule has 0 radical (unpaired) electrons. The number of carbonyl (C=O) groups excluding carboxylic acids is 1. The average molecular weight is 173 g/mol. The molecule has 1 saturated carbocycles. The lowest BCUT2D eigenvalue weighted by molar-refractivity contribution is -0.121. The molecule has 0 aliphatic heterocycles. The van der Waals surface area contributed by atoms with Crippen LogP contribution in [0.3, 0.4) is 0 Å². The molecule has 0 heterocycles. The molecule has 1 rings (SSSR count). The van der Waals surface area contributed by atoms with Crippen molar-refractivity contribution in [1.29, 1.82) is 0 Å². The Morgan fingerprint density at radius 1 is 1.25 bits per heavy atom. The summed E-state index contributed by atoms with van der Waals surface area (Å²) in [5, 5.41) is 0. The van der Waals surface area contributed by atoms with Gasteiger partial charge in [0.25, 0.3) is 0 Å². The zero-order valence-electron chi connectivity index (χ0n) is 8.47. The van der Waals surface area contributed by atoms with E-state index in [0.29, 0.717) is 17.7 Å². The van der Waals surface area contributed by atoms with Crippen LogP contribution in [0.25, 0.3) is 0 Å². The molecule has 0 aromatic carbocycles. The second-order valence-corrected chi connectivity index (χ2v) is 3.22. The summed E-state index contributed by atoms with van der Waals surface area (Å²) in [5.74, 6) is 0.659. The number of hydrogen-bond donors (Lipinski definition) is 1. The van der Waals surface area contributed by atoms with Gasteiger partial charge in [0.15, 0.2) is 0 Å². The van der Waals surface area contributed by atoms with Crippen LogP contribution >= 0.6 is 0 Å². The molecule has 1 aliphatic rings. The third-order valence-corrected chi connectivity index (χ3v) is 2.35. The van der Waals surface area contributed by atoms with Crippen LogP contribution < -0.4 is 5.73 Å². The SMILES string of the molecule is CC.CC(=O)C1CCC(N)CC1.[HH]. The minimum absolute atomic E-state index is 0. The van der Waals surface area contributed by atoms with E-state index < -0.39 is 0 Å². The lowest BCUT2D eigenvalue weighted by Gasteiger charge is -2.23. The lowest BCUT2D eigenvalue weighted by atomic mass is 9.84. The monoisotopic (exact) mass is 173 g/mol. The number of hydrogen-bond acceptors (Lipinski definition) is 2. The highest BCUT2D eigenvalue weighted by Crippen LogP contribution is 2.23. The fraction of sp³-hybridized carbons (Fsp3) is 0.900. The maximum atomic E-state index is 10.9. The highest BCUT2D eigenvalue weighted by atomic mass is 16.1. The summed E-state index contributed by atoms with van der Waals surface area (Å²) >= 11 is 0. The van der Waals surface area contributed by atoms with Crippen LogP contribution in [0.15, 0.2) is 0 Å². The Labute approximate surface area is 77.0 Å². The Hall–Kier alpha value is -0.370. The van der Waals surface area contributed by atoms with Gasteiger partial charge < -0.3 is 5.73 Å². The highest BCUT2D eigenvalue weighted by Gasteiger charge is 2.21. The van der Waals surface area contributed by atoms with Crippen LogP contribution in [-0.4, -0.2) is 11.8 Å². The minimum atomic E-state index is 0. The normalized spacial score (nSPS) is 28.7. The number of rotatable bonds is 1. The van der Waals surface area contributed by atoms with Gasteiger partial charge in [0.05, 0.1) is 0 Å². The molecule has 0 spiro atoms. The number of nitrogens with two attached hydrogens (primary N) is 1. The summed E-state index contributed by atoms with van der Waals surface area (Å²) in [6.07, 6.45) is 4.08. The smallest absolute Gasteiger partial charge is 0.132 e. The Morgan fingerprint density at radius 3 is 2.00 bits per heavy atom. The van der Waals surface area contributed by atoms with E-state index in [-0.39, 0.29) is 1.43 Å². The summed E-state index contributed by atoms with van der Waals surface area (Å²) < 4.78 is 0. The highest BCUT2D eigenvalue weighted by molar-refractivity contribution is 5.78. The predicted molar refractivity (Wildman–Crippen MR) is 54.1 cm³/mol. The van der Waals surface area contributed by atoms with Crippen LogP contribution in [0.5, 0.6) is 0 Å². The van der Waals surface area contributed by atoms with Crippen molar-refractivity contribution in [3.05, 3.63) is 0 Å². The van der Waals surface area contributed by atoms with Crippen molar-refractivity contribution < 1.29 is 6.22 Å². The van der Waals surface area contributed by atoms with Crippen molar-refractivity contribution in [3.63, 3.8) is 0 Å². The number of ketones is 1. The molecule has 0 aromatic heterocycles. The lowest BCUT2D eigenvalue weighted by Crippen LogP contribution is -2.28. The van der Waals surface area contributed by atoms with Crippen molar-refractivity contribution in [2.75, 3.05) is 0 Å². The largest absolute Gasteiger partial charge is 0.328 e. The van der Waals surface area contributed by atoms with Crippen molar-refractivity contribution in [2.24, 2.45) is 11.7 Å². The van der Waals surface area contributed by atoms with E-state index in [2.05, 4.69) is 0 Å². The second-order valence-electron chi connectivity index (χ2n) is 3.22. The van der Waals surface area contributed by atoms with Crippen molar-refractivity contribution in [1.82, 2.24) is 0 Å². The van der Waals surface area contributed by atoms with E-state index >= 15 is 0 Å². The van der Waals surface area contributed by atoms with Crippen molar-refractivity contribution in [2.45, 2.75) is 52.5 Å². The van der Waals surface area contributed by atoms with Gasteiger partial charge in [0.2, 0.25) is 0 Å². The summed E-state index contributed by atoms with van der Waals surface area (Å²) in [7, 11) is 0. The Kier molecular flexibility index (Phi) is 5.99. The molecular formula is C10H23NO. The molecule has 74 valence electrons. The third-order valence-electron chi connectivity index (χ3n) is 2.35. The zero-order valence-corrected chi connectivity index (χ0v) is 8.47. The molecule has 1 aliphatic carbocycles. The van der Waals surface area contributed by atoms with Crippen LogP contribution in [0.2, 0.25) is 0 Å². The van der Waals surface area contributed by atoms with E-state index in [1.165, 1.54) is 0 Å². The Morgan fingerprint density at radius 2 is 1.67 bits per heavy atom. The van der Waals surface area contributed by atoms with Crippen molar-refractivity contribution >= 4 is 5.78 Å².